The average molecular weight is 392 g/mol. The molecular formula is C14H9ClF3N3O3S. The van der Waals surface area contributed by atoms with Crippen LogP contribution < -0.4 is 10.6 Å². The molecule has 6 nitrogen and oxygen atoms in total. The van der Waals surface area contributed by atoms with Crippen LogP contribution in [0.1, 0.15) is 16.8 Å². The van der Waals surface area contributed by atoms with Crippen molar-refractivity contribution in [3.63, 3.8) is 0 Å². The average Bonchev–Trinajstić information content (AvgIpc) is 3.00. The Balaban J connectivity index is 2.17. The lowest BCUT2D eigenvalue weighted by molar-refractivity contribution is -0.167. The molecule has 1 aromatic carbocycles. The number of anilines is 2. The summed E-state index contributed by atoms with van der Waals surface area (Å²) in [6.07, 6.45) is -4.36. The molecule has 0 radical (unpaired) electrons. The van der Waals surface area contributed by atoms with Crippen LogP contribution in [0, 0.1) is 0 Å². The van der Waals surface area contributed by atoms with Gasteiger partial charge in [-0.05, 0) is 12.1 Å². The first-order valence-electron chi connectivity index (χ1n) is 6.57. The molecule has 2 rings (SSSR count). The number of Topliss-reactive ketones (excluding diaryl/α,β-unsaturated/α-hetero) is 1. The summed E-state index contributed by atoms with van der Waals surface area (Å²) in [5.41, 5.74) is -0.807. The van der Waals surface area contributed by atoms with Crippen LogP contribution in [0.15, 0.2) is 29.8 Å². The number of amides is 2. The van der Waals surface area contributed by atoms with Crippen LogP contribution in [0.2, 0.25) is 5.02 Å². The molecule has 0 aliphatic rings. The first-order chi connectivity index (χ1) is 11.7. The number of hydrogen-bond donors (Lipinski definition) is 2. The van der Waals surface area contributed by atoms with Gasteiger partial charge in [-0.1, -0.05) is 17.7 Å². The molecule has 1 heterocycles. The number of hydrogen-bond acceptors (Lipinski definition) is 5. The minimum Gasteiger partial charge on any atom is -0.316 e. The maximum atomic E-state index is 12.4. The number of carbonyl (C=O) groups excluding carboxylic acids is 3. The van der Waals surface area contributed by atoms with Crippen LogP contribution in [0.3, 0.4) is 0 Å². The van der Waals surface area contributed by atoms with Gasteiger partial charge in [0, 0.05) is 17.1 Å². The molecular weight excluding hydrogens is 383 g/mol. The number of para-hydroxylation sites is 1. The van der Waals surface area contributed by atoms with Crippen LogP contribution in [-0.2, 0) is 9.59 Å². The number of aromatic nitrogens is 1. The van der Waals surface area contributed by atoms with Gasteiger partial charge in [-0.25, -0.2) is 4.98 Å². The molecule has 2 aromatic rings. The normalized spacial score (nSPS) is 11.0. The summed E-state index contributed by atoms with van der Waals surface area (Å²) >= 11 is 6.91. The van der Waals surface area contributed by atoms with Crippen molar-refractivity contribution in [3.8, 4) is 0 Å². The zero-order valence-corrected chi connectivity index (χ0v) is 13.8. The van der Waals surface area contributed by atoms with Gasteiger partial charge < -0.3 is 10.6 Å². The third kappa shape index (κ3) is 5.00. The quantitative estimate of drug-likeness (QED) is 0.603. The van der Waals surface area contributed by atoms with Crippen LogP contribution in [0.5, 0.6) is 0 Å². The van der Waals surface area contributed by atoms with Crippen molar-refractivity contribution >= 4 is 51.4 Å². The Labute approximate surface area is 148 Å². The number of rotatable bonds is 5. The lowest BCUT2D eigenvalue weighted by Crippen LogP contribution is -2.31. The maximum Gasteiger partial charge on any atom is 0.471 e. The summed E-state index contributed by atoms with van der Waals surface area (Å²) in [6.45, 7) is 0. The molecule has 2 amide bonds. The second-order valence-electron chi connectivity index (χ2n) is 4.60. The summed E-state index contributed by atoms with van der Waals surface area (Å²) in [6, 6.07) is 3.69. The molecule has 0 unspecified atom stereocenters. The van der Waals surface area contributed by atoms with E-state index in [0.29, 0.717) is 0 Å². The van der Waals surface area contributed by atoms with Crippen molar-refractivity contribution in [3.05, 3.63) is 40.4 Å². The highest BCUT2D eigenvalue weighted by Crippen LogP contribution is 2.29. The minimum absolute atomic E-state index is 0.260. The molecule has 25 heavy (non-hydrogen) atoms. The first kappa shape index (κ1) is 18.9. The predicted octanol–water partition coefficient (Wildman–Crippen LogP) is 3.51. The molecule has 0 fully saturated rings. The third-order valence-corrected chi connectivity index (χ3v) is 3.81. The topological polar surface area (TPSA) is 88.2 Å². The van der Waals surface area contributed by atoms with Gasteiger partial charge in [-0.2, -0.15) is 13.2 Å². The molecule has 0 aliphatic heterocycles. The van der Waals surface area contributed by atoms with Crippen molar-refractivity contribution in [2.24, 2.45) is 0 Å². The monoisotopic (exact) mass is 391 g/mol. The fourth-order valence-corrected chi connectivity index (χ4v) is 2.52. The van der Waals surface area contributed by atoms with Crippen LogP contribution >= 0.6 is 22.9 Å². The van der Waals surface area contributed by atoms with Gasteiger partial charge in [-0.15, -0.1) is 11.3 Å². The van der Waals surface area contributed by atoms with E-state index in [1.807, 2.05) is 0 Å². The molecule has 132 valence electrons. The lowest BCUT2D eigenvalue weighted by Gasteiger charge is -2.13. The molecule has 0 spiro atoms. The van der Waals surface area contributed by atoms with E-state index in [4.69, 9.17) is 11.6 Å². The van der Waals surface area contributed by atoms with Gasteiger partial charge in [0.05, 0.1) is 17.1 Å². The van der Waals surface area contributed by atoms with Gasteiger partial charge in [0.15, 0.2) is 10.9 Å². The molecule has 0 atom stereocenters. The van der Waals surface area contributed by atoms with E-state index >= 15 is 0 Å². The third-order valence-electron chi connectivity index (χ3n) is 2.81. The number of thiazole rings is 1. The summed E-state index contributed by atoms with van der Waals surface area (Å²) in [5.74, 6) is -3.79. The fourth-order valence-electron chi connectivity index (χ4n) is 1.76. The SMILES string of the molecule is O=C(CC(=O)c1cccc(Cl)c1NC(=O)C(F)(F)F)Nc1nccs1. The van der Waals surface area contributed by atoms with E-state index in [1.165, 1.54) is 18.3 Å². The molecule has 1 aromatic heterocycles. The summed E-state index contributed by atoms with van der Waals surface area (Å²) in [5, 5.41) is 5.55. The van der Waals surface area contributed by atoms with E-state index in [1.54, 1.807) is 10.7 Å². The highest BCUT2D eigenvalue weighted by molar-refractivity contribution is 7.13. The van der Waals surface area contributed by atoms with Crippen LogP contribution in [0.4, 0.5) is 24.0 Å². The Morgan fingerprint density at radius 1 is 1.20 bits per heavy atom. The predicted molar refractivity (Wildman–Crippen MR) is 85.8 cm³/mol. The minimum atomic E-state index is -5.15. The Hall–Kier alpha value is -2.46. The van der Waals surface area contributed by atoms with E-state index in [-0.39, 0.29) is 15.7 Å². The number of alkyl halides is 3. The molecule has 2 N–H and O–H groups in total. The van der Waals surface area contributed by atoms with E-state index < -0.39 is 35.9 Å². The summed E-state index contributed by atoms with van der Waals surface area (Å²) in [4.78, 5) is 38.9. The summed E-state index contributed by atoms with van der Waals surface area (Å²) in [7, 11) is 0. The zero-order chi connectivity index (χ0) is 18.6. The maximum absolute atomic E-state index is 12.4. The fraction of sp³-hybridized carbons (Fsp3) is 0.143. The smallest absolute Gasteiger partial charge is 0.316 e. The second kappa shape index (κ2) is 7.62. The zero-order valence-electron chi connectivity index (χ0n) is 12.2. The lowest BCUT2D eigenvalue weighted by atomic mass is 10.1. The molecule has 11 heteroatoms. The van der Waals surface area contributed by atoms with Crippen molar-refractivity contribution in [2.75, 3.05) is 10.6 Å². The van der Waals surface area contributed by atoms with Gasteiger partial charge >= 0.3 is 12.1 Å². The molecule has 0 aliphatic carbocycles. The van der Waals surface area contributed by atoms with Crippen LogP contribution in [0.25, 0.3) is 0 Å². The molecule has 0 saturated carbocycles. The summed E-state index contributed by atoms with van der Waals surface area (Å²) < 4.78 is 37.2. The number of carbonyl (C=O) groups is 3. The van der Waals surface area contributed by atoms with Crippen molar-refractivity contribution in [2.45, 2.75) is 12.6 Å². The highest BCUT2D eigenvalue weighted by Gasteiger charge is 2.39. The van der Waals surface area contributed by atoms with Crippen molar-refractivity contribution < 1.29 is 27.6 Å². The van der Waals surface area contributed by atoms with Gasteiger partial charge in [0.2, 0.25) is 5.91 Å². The van der Waals surface area contributed by atoms with Gasteiger partial charge in [-0.3, -0.25) is 14.4 Å². The van der Waals surface area contributed by atoms with E-state index in [9.17, 15) is 27.6 Å². The van der Waals surface area contributed by atoms with E-state index in [2.05, 4.69) is 10.3 Å². The number of ketones is 1. The van der Waals surface area contributed by atoms with Crippen molar-refractivity contribution in [1.82, 2.24) is 4.98 Å². The number of nitrogens with zero attached hydrogens (tertiary/aromatic N) is 1. The van der Waals surface area contributed by atoms with Gasteiger partial charge in [0.25, 0.3) is 0 Å². The number of benzene rings is 1. The second-order valence-corrected chi connectivity index (χ2v) is 5.90. The van der Waals surface area contributed by atoms with E-state index in [0.717, 1.165) is 17.4 Å². The Morgan fingerprint density at radius 3 is 2.52 bits per heavy atom. The van der Waals surface area contributed by atoms with Crippen LogP contribution in [-0.4, -0.2) is 28.8 Å². The number of halogens is 4. The van der Waals surface area contributed by atoms with Crippen molar-refractivity contribution in [1.29, 1.82) is 0 Å². The number of nitrogens with one attached hydrogen (secondary N) is 2. The Morgan fingerprint density at radius 2 is 1.92 bits per heavy atom. The Kier molecular flexibility index (Phi) is 5.75. The van der Waals surface area contributed by atoms with Gasteiger partial charge in [0.1, 0.15) is 0 Å². The first-order valence-corrected chi connectivity index (χ1v) is 7.83. The standard InChI is InChI=1S/C14H9ClF3N3O3S/c15-8-3-1-2-7(11(8)21-12(24)14(16,17)18)9(22)6-10(23)20-13-19-4-5-25-13/h1-5H,6H2,(H,21,24)(H,19,20,23). The largest absolute Gasteiger partial charge is 0.471 e. The highest BCUT2D eigenvalue weighted by atomic mass is 35.5. The Bertz CT molecular complexity index is 809. The molecule has 0 saturated heterocycles. The molecule has 0 bridgehead atoms.